The number of carbonyl (C=O) groups is 1. The standard InChI is InChI=1S/C17H18N6O/c1-11-9-23(15(24)3-5-18)10-14(11)22(2)16-12(7-19)8-21-17-13(16)4-6-20-17/h4,6,8,11,14H,3,9-10H2,1-2H3,(H,20,21)/t11-,14+/m1/s1. The normalized spacial score (nSPS) is 19.9. The van der Waals surface area contributed by atoms with E-state index in [9.17, 15) is 10.1 Å². The number of hydrogen-bond donors (Lipinski definition) is 1. The van der Waals surface area contributed by atoms with Gasteiger partial charge in [0, 0.05) is 37.9 Å². The highest BCUT2D eigenvalue weighted by Gasteiger charge is 2.36. The van der Waals surface area contributed by atoms with E-state index in [1.807, 2.05) is 19.2 Å². The summed E-state index contributed by atoms with van der Waals surface area (Å²) in [5.74, 6) is 0.105. The highest BCUT2D eigenvalue weighted by Crippen LogP contribution is 2.33. The van der Waals surface area contributed by atoms with Crippen LogP contribution in [0.3, 0.4) is 0 Å². The number of pyridine rings is 1. The molecule has 0 radical (unpaired) electrons. The summed E-state index contributed by atoms with van der Waals surface area (Å²) < 4.78 is 0. The van der Waals surface area contributed by atoms with Gasteiger partial charge in [-0.05, 0) is 12.0 Å². The summed E-state index contributed by atoms with van der Waals surface area (Å²) in [6.07, 6.45) is 3.28. The van der Waals surface area contributed by atoms with Crippen LogP contribution in [0.15, 0.2) is 18.5 Å². The zero-order valence-corrected chi connectivity index (χ0v) is 13.7. The van der Waals surface area contributed by atoms with E-state index in [1.54, 1.807) is 17.3 Å². The van der Waals surface area contributed by atoms with Gasteiger partial charge in [-0.25, -0.2) is 4.98 Å². The zero-order valence-electron chi connectivity index (χ0n) is 13.7. The van der Waals surface area contributed by atoms with Crippen molar-refractivity contribution in [2.24, 2.45) is 5.92 Å². The molecule has 122 valence electrons. The van der Waals surface area contributed by atoms with Crippen molar-refractivity contribution in [3.63, 3.8) is 0 Å². The van der Waals surface area contributed by atoms with Gasteiger partial charge in [0.1, 0.15) is 18.1 Å². The van der Waals surface area contributed by atoms with Gasteiger partial charge in [0.05, 0.1) is 23.4 Å². The smallest absolute Gasteiger partial charge is 0.236 e. The lowest BCUT2D eigenvalue weighted by Gasteiger charge is -2.30. The number of aromatic nitrogens is 2. The summed E-state index contributed by atoms with van der Waals surface area (Å²) >= 11 is 0. The summed E-state index contributed by atoms with van der Waals surface area (Å²) in [4.78, 5) is 23.1. The molecular formula is C17H18N6O. The fourth-order valence-corrected chi connectivity index (χ4v) is 3.46. The van der Waals surface area contributed by atoms with Gasteiger partial charge in [0.2, 0.25) is 5.91 Å². The number of nitrogens with zero attached hydrogens (tertiary/aromatic N) is 5. The van der Waals surface area contributed by atoms with Crippen molar-refractivity contribution in [1.82, 2.24) is 14.9 Å². The highest BCUT2D eigenvalue weighted by molar-refractivity contribution is 5.93. The van der Waals surface area contributed by atoms with Crippen LogP contribution in [-0.2, 0) is 4.79 Å². The first-order valence-electron chi connectivity index (χ1n) is 7.80. The zero-order chi connectivity index (χ0) is 17.3. The molecular weight excluding hydrogens is 304 g/mol. The summed E-state index contributed by atoms with van der Waals surface area (Å²) in [7, 11) is 1.95. The average Bonchev–Trinajstić information content (AvgIpc) is 3.19. The molecule has 1 aliphatic rings. The first kappa shape index (κ1) is 15.8. The number of rotatable bonds is 3. The molecule has 3 heterocycles. The molecule has 0 saturated carbocycles. The van der Waals surface area contributed by atoms with Crippen LogP contribution < -0.4 is 4.90 Å². The molecule has 3 rings (SSSR count). The Hall–Kier alpha value is -3.06. The SMILES string of the molecule is C[C@@H]1CN(C(=O)CC#N)C[C@@H]1N(C)c1c(C#N)cnc2[nH]ccc12. The second kappa shape index (κ2) is 6.21. The number of anilines is 1. The van der Waals surface area contributed by atoms with E-state index in [-0.39, 0.29) is 24.3 Å². The number of H-pyrrole nitrogens is 1. The van der Waals surface area contributed by atoms with Crippen molar-refractivity contribution >= 4 is 22.6 Å². The van der Waals surface area contributed by atoms with Crippen LogP contribution in [0.5, 0.6) is 0 Å². The molecule has 0 spiro atoms. The Morgan fingerprint density at radius 2 is 2.29 bits per heavy atom. The minimum Gasteiger partial charge on any atom is -0.368 e. The number of fused-ring (bicyclic) bond motifs is 1. The maximum Gasteiger partial charge on any atom is 0.236 e. The lowest BCUT2D eigenvalue weighted by molar-refractivity contribution is -0.129. The molecule has 1 aliphatic heterocycles. The molecule has 1 saturated heterocycles. The van der Waals surface area contributed by atoms with E-state index in [2.05, 4.69) is 27.9 Å². The van der Waals surface area contributed by atoms with Crippen LogP contribution in [0.2, 0.25) is 0 Å². The molecule has 0 bridgehead atoms. The highest BCUT2D eigenvalue weighted by atomic mass is 16.2. The Labute approximate surface area is 140 Å². The number of hydrogen-bond acceptors (Lipinski definition) is 5. The summed E-state index contributed by atoms with van der Waals surface area (Å²) in [6.45, 7) is 3.26. The van der Waals surface area contributed by atoms with Crippen molar-refractivity contribution in [2.75, 3.05) is 25.0 Å². The third-order valence-corrected chi connectivity index (χ3v) is 4.68. The predicted molar refractivity (Wildman–Crippen MR) is 89.0 cm³/mol. The lowest BCUT2D eigenvalue weighted by atomic mass is 10.0. The van der Waals surface area contributed by atoms with Gasteiger partial charge in [-0.15, -0.1) is 0 Å². The van der Waals surface area contributed by atoms with Gasteiger partial charge in [-0.1, -0.05) is 6.92 Å². The summed E-state index contributed by atoms with van der Waals surface area (Å²) in [6, 6.07) is 6.12. The Balaban J connectivity index is 1.94. The van der Waals surface area contributed by atoms with E-state index in [1.165, 1.54) is 0 Å². The molecule has 1 fully saturated rings. The number of likely N-dealkylation sites (N-methyl/N-ethyl adjacent to an activating group) is 1. The Morgan fingerprint density at radius 3 is 3.00 bits per heavy atom. The van der Waals surface area contributed by atoms with Crippen LogP contribution in [0, 0.1) is 28.6 Å². The third-order valence-electron chi connectivity index (χ3n) is 4.68. The largest absolute Gasteiger partial charge is 0.368 e. The first-order valence-corrected chi connectivity index (χ1v) is 7.80. The van der Waals surface area contributed by atoms with Gasteiger partial charge >= 0.3 is 0 Å². The lowest BCUT2D eigenvalue weighted by Crippen LogP contribution is -2.39. The van der Waals surface area contributed by atoms with Crippen molar-refractivity contribution < 1.29 is 4.79 Å². The fraction of sp³-hybridized carbons (Fsp3) is 0.412. The van der Waals surface area contributed by atoms with E-state index in [0.717, 1.165) is 16.7 Å². The second-order valence-electron chi connectivity index (χ2n) is 6.16. The van der Waals surface area contributed by atoms with E-state index in [4.69, 9.17) is 5.26 Å². The quantitative estimate of drug-likeness (QED) is 0.925. The predicted octanol–water partition coefficient (Wildman–Crippen LogP) is 1.63. The second-order valence-corrected chi connectivity index (χ2v) is 6.16. The van der Waals surface area contributed by atoms with Crippen LogP contribution in [0.4, 0.5) is 5.69 Å². The number of carbonyl (C=O) groups excluding carboxylic acids is 1. The molecule has 7 nitrogen and oxygen atoms in total. The number of nitrogens with one attached hydrogen (secondary N) is 1. The molecule has 1 amide bonds. The molecule has 24 heavy (non-hydrogen) atoms. The third kappa shape index (κ3) is 2.55. The van der Waals surface area contributed by atoms with Crippen LogP contribution in [0.25, 0.3) is 11.0 Å². The van der Waals surface area contributed by atoms with Gasteiger partial charge in [0.15, 0.2) is 0 Å². The number of likely N-dealkylation sites (tertiary alicyclic amines) is 1. The van der Waals surface area contributed by atoms with Crippen molar-refractivity contribution in [2.45, 2.75) is 19.4 Å². The Kier molecular flexibility index (Phi) is 4.09. The first-order chi connectivity index (χ1) is 11.6. The van der Waals surface area contributed by atoms with Crippen LogP contribution >= 0.6 is 0 Å². The van der Waals surface area contributed by atoms with Crippen molar-refractivity contribution in [1.29, 1.82) is 10.5 Å². The molecule has 0 aliphatic carbocycles. The molecule has 1 N–H and O–H groups in total. The molecule has 2 aromatic heterocycles. The van der Waals surface area contributed by atoms with Crippen molar-refractivity contribution in [3.8, 4) is 12.1 Å². The van der Waals surface area contributed by atoms with Gasteiger partial charge in [-0.3, -0.25) is 4.79 Å². The van der Waals surface area contributed by atoms with Gasteiger partial charge in [-0.2, -0.15) is 10.5 Å². The molecule has 2 aromatic rings. The average molecular weight is 322 g/mol. The minimum absolute atomic E-state index is 0.0836. The number of nitriles is 2. The summed E-state index contributed by atoms with van der Waals surface area (Å²) in [5, 5.41) is 19.1. The molecule has 2 atom stereocenters. The van der Waals surface area contributed by atoms with Gasteiger partial charge in [0.25, 0.3) is 0 Å². The molecule has 0 aromatic carbocycles. The maximum absolute atomic E-state index is 12.0. The van der Waals surface area contributed by atoms with Crippen LogP contribution in [0.1, 0.15) is 18.9 Å². The van der Waals surface area contributed by atoms with E-state index >= 15 is 0 Å². The molecule has 7 heteroatoms. The number of amides is 1. The van der Waals surface area contributed by atoms with Crippen LogP contribution in [-0.4, -0.2) is 47.0 Å². The van der Waals surface area contributed by atoms with Crippen molar-refractivity contribution in [3.05, 3.63) is 24.0 Å². The minimum atomic E-state index is -0.137. The monoisotopic (exact) mass is 322 g/mol. The molecule has 0 unspecified atom stereocenters. The van der Waals surface area contributed by atoms with E-state index in [0.29, 0.717) is 18.7 Å². The van der Waals surface area contributed by atoms with E-state index < -0.39 is 0 Å². The van der Waals surface area contributed by atoms with Gasteiger partial charge < -0.3 is 14.8 Å². The summed E-state index contributed by atoms with van der Waals surface area (Å²) in [5.41, 5.74) is 2.08. The number of aromatic amines is 1. The topological polar surface area (TPSA) is 99.8 Å². The Morgan fingerprint density at radius 1 is 1.50 bits per heavy atom. The fourth-order valence-electron chi connectivity index (χ4n) is 3.46. The maximum atomic E-state index is 12.0. The Bertz CT molecular complexity index is 858.